The third-order valence-electron chi connectivity index (χ3n) is 5.32. The van der Waals surface area contributed by atoms with E-state index in [9.17, 15) is 4.57 Å². The van der Waals surface area contributed by atoms with Crippen LogP contribution in [0.4, 0.5) is 0 Å². The number of benzene rings is 4. The Hall–Kier alpha value is -2.89. The van der Waals surface area contributed by atoms with Crippen molar-refractivity contribution in [1.29, 1.82) is 0 Å². The summed E-state index contributed by atoms with van der Waals surface area (Å²) < 4.78 is 14.2. The van der Waals surface area contributed by atoms with Crippen molar-refractivity contribution in [3.8, 4) is 0 Å². The lowest BCUT2D eigenvalue weighted by Crippen LogP contribution is -2.17. The summed E-state index contributed by atoms with van der Waals surface area (Å²) in [6.07, 6.45) is 2.59. The van der Waals surface area contributed by atoms with Crippen LogP contribution in [0.25, 0.3) is 0 Å². The molecular weight excluding hydrogens is 371 g/mol. The predicted octanol–water partition coefficient (Wildman–Crippen LogP) is 5.99. The molecule has 0 saturated carbocycles. The fraction of sp³-hybridized carbons (Fsp3) is 0.111. The molecule has 2 heteroatoms. The molecule has 0 amide bonds. The first kappa shape index (κ1) is 19.4. The van der Waals surface area contributed by atoms with Gasteiger partial charge >= 0.3 is 0 Å². The molecule has 29 heavy (non-hydrogen) atoms. The minimum atomic E-state index is -2.72. The summed E-state index contributed by atoms with van der Waals surface area (Å²) in [6.45, 7) is 0. The Kier molecular flexibility index (Phi) is 6.08. The topological polar surface area (TPSA) is 17.1 Å². The molecule has 0 heterocycles. The summed E-state index contributed by atoms with van der Waals surface area (Å²) in [5.41, 5.74) is 3.78. The van der Waals surface area contributed by atoms with Gasteiger partial charge in [0, 0.05) is 16.8 Å². The average molecular weight is 396 g/mol. The summed E-state index contributed by atoms with van der Waals surface area (Å²) in [6, 6.07) is 39.0. The number of rotatable bonds is 7. The van der Waals surface area contributed by atoms with Gasteiger partial charge in [0.2, 0.25) is 0 Å². The Morgan fingerprint density at radius 1 is 0.448 bits per heavy atom. The van der Waals surface area contributed by atoms with Crippen molar-refractivity contribution in [2.24, 2.45) is 0 Å². The molecule has 144 valence electrons. The van der Waals surface area contributed by atoms with Crippen molar-refractivity contribution in [2.45, 2.75) is 19.0 Å². The lowest BCUT2D eigenvalue weighted by Gasteiger charge is -2.19. The Morgan fingerprint density at radius 2 is 0.828 bits per heavy atom. The van der Waals surface area contributed by atoms with E-state index in [0.29, 0.717) is 6.16 Å². The smallest absolute Gasteiger partial charge is 0.147 e. The number of aryl methyl sites for hydroxylation is 2. The van der Waals surface area contributed by atoms with Crippen LogP contribution in [0.5, 0.6) is 0 Å². The first-order valence-electron chi connectivity index (χ1n) is 10.1. The Balaban J connectivity index is 1.55. The molecule has 4 aromatic carbocycles. The van der Waals surface area contributed by atoms with Gasteiger partial charge in [-0.25, -0.2) is 0 Å². The molecule has 4 rings (SSSR count). The third kappa shape index (κ3) is 4.75. The highest BCUT2D eigenvalue weighted by molar-refractivity contribution is 7.78. The van der Waals surface area contributed by atoms with Gasteiger partial charge in [0.15, 0.2) is 0 Å². The molecule has 0 bridgehead atoms. The van der Waals surface area contributed by atoms with Crippen molar-refractivity contribution in [3.05, 3.63) is 132 Å². The summed E-state index contributed by atoms with van der Waals surface area (Å²) in [5, 5.41) is 1.83. The summed E-state index contributed by atoms with van der Waals surface area (Å²) in [5.74, 6) is 0. The zero-order valence-electron chi connectivity index (χ0n) is 16.4. The standard InChI is InChI=1S/C27H25OP/c28-29(26-12-6-2-7-13-26,27-14-8-3-9-15-27)22-25-20-18-24(19-21-25)17-16-23-10-4-1-5-11-23/h1-15,18-21H,16-17,22H2. The minimum Gasteiger partial charge on any atom is -0.313 e. The van der Waals surface area contributed by atoms with E-state index in [1.54, 1.807) is 0 Å². The van der Waals surface area contributed by atoms with E-state index in [0.717, 1.165) is 29.0 Å². The van der Waals surface area contributed by atoms with E-state index in [-0.39, 0.29) is 0 Å². The van der Waals surface area contributed by atoms with E-state index in [1.807, 2.05) is 60.7 Å². The van der Waals surface area contributed by atoms with Crippen LogP contribution in [0, 0.1) is 0 Å². The van der Waals surface area contributed by atoms with E-state index in [2.05, 4.69) is 54.6 Å². The summed E-state index contributed by atoms with van der Waals surface area (Å²) >= 11 is 0. The molecule has 0 N–H and O–H groups in total. The van der Waals surface area contributed by atoms with Crippen molar-refractivity contribution in [1.82, 2.24) is 0 Å². The van der Waals surface area contributed by atoms with Crippen molar-refractivity contribution >= 4 is 17.8 Å². The fourth-order valence-electron chi connectivity index (χ4n) is 3.67. The second-order valence-electron chi connectivity index (χ2n) is 7.37. The van der Waals surface area contributed by atoms with E-state index >= 15 is 0 Å². The van der Waals surface area contributed by atoms with Crippen molar-refractivity contribution < 1.29 is 4.57 Å². The Labute approximate surface area is 173 Å². The largest absolute Gasteiger partial charge is 0.313 e. The molecular formula is C27H25OP. The molecule has 0 radical (unpaired) electrons. The summed E-state index contributed by atoms with van der Waals surface area (Å²) in [4.78, 5) is 0. The highest BCUT2D eigenvalue weighted by atomic mass is 31.2. The molecule has 0 saturated heterocycles. The van der Waals surface area contributed by atoms with Gasteiger partial charge in [-0.3, -0.25) is 0 Å². The maximum absolute atomic E-state index is 14.2. The van der Waals surface area contributed by atoms with Crippen LogP contribution >= 0.6 is 7.14 Å². The van der Waals surface area contributed by atoms with Crippen LogP contribution in [0.2, 0.25) is 0 Å². The lowest BCUT2D eigenvalue weighted by molar-refractivity contribution is 0.586. The molecule has 0 spiro atoms. The van der Waals surface area contributed by atoms with Crippen molar-refractivity contribution in [3.63, 3.8) is 0 Å². The van der Waals surface area contributed by atoms with E-state index < -0.39 is 7.14 Å². The lowest BCUT2D eigenvalue weighted by atomic mass is 10.0. The van der Waals surface area contributed by atoms with Gasteiger partial charge in [-0.2, -0.15) is 0 Å². The highest BCUT2D eigenvalue weighted by Gasteiger charge is 2.27. The van der Waals surface area contributed by atoms with Crippen LogP contribution in [-0.2, 0) is 23.6 Å². The Morgan fingerprint density at radius 3 is 1.31 bits per heavy atom. The van der Waals surface area contributed by atoms with Crippen LogP contribution in [-0.4, -0.2) is 0 Å². The van der Waals surface area contributed by atoms with Crippen LogP contribution in [0.15, 0.2) is 115 Å². The second-order valence-corrected chi connectivity index (χ2v) is 10.2. The van der Waals surface area contributed by atoms with Crippen LogP contribution < -0.4 is 10.6 Å². The van der Waals surface area contributed by atoms with E-state index in [1.165, 1.54) is 11.1 Å². The van der Waals surface area contributed by atoms with Gasteiger partial charge in [0.1, 0.15) is 7.14 Å². The molecule has 0 aliphatic heterocycles. The molecule has 0 aliphatic carbocycles. The molecule has 4 aromatic rings. The van der Waals surface area contributed by atoms with Crippen molar-refractivity contribution in [2.75, 3.05) is 0 Å². The first-order valence-corrected chi connectivity index (χ1v) is 12.0. The maximum atomic E-state index is 14.2. The predicted molar refractivity (Wildman–Crippen MR) is 124 cm³/mol. The molecule has 0 aromatic heterocycles. The third-order valence-corrected chi connectivity index (χ3v) is 8.40. The Bertz CT molecular complexity index is 1030. The average Bonchev–Trinajstić information content (AvgIpc) is 2.80. The quantitative estimate of drug-likeness (QED) is 0.351. The fourth-order valence-corrected chi connectivity index (χ4v) is 6.37. The highest BCUT2D eigenvalue weighted by Crippen LogP contribution is 2.46. The summed E-state index contributed by atoms with van der Waals surface area (Å²) in [7, 11) is -2.72. The number of hydrogen-bond acceptors (Lipinski definition) is 1. The van der Waals surface area contributed by atoms with Gasteiger partial charge in [0.05, 0.1) is 0 Å². The maximum Gasteiger partial charge on any atom is 0.147 e. The normalized spacial score (nSPS) is 11.3. The molecule has 0 atom stereocenters. The van der Waals surface area contributed by atoms with Crippen LogP contribution in [0.3, 0.4) is 0 Å². The SMILES string of the molecule is O=P(Cc1ccc(CCc2ccccc2)cc1)(c1ccccc1)c1ccccc1. The monoisotopic (exact) mass is 396 g/mol. The van der Waals surface area contributed by atoms with Gasteiger partial charge in [-0.1, -0.05) is 115 Å². The minimum absolute atomic E-state index is 0.542. The van der Waals surface area contributed by atoms with E-state index in [4.69, 9.17) is 0 Å². The molecule has 0 aliphatic rings. The zero-order valence-corrected chi connectivity index (χ0v) is 17.3. The molecule has 0 fully saturated rings. The second kappa shape index (κ2) is 9.07. The molecule has 1 nitrogen and oxygen atoms in total. The van der Waals surface area contributed by atoms with Crippen LogP contribution in [0.1, 0.15) is 16.7 Å². The first-order chi connectivity index (χ1) is 14.2. The zero-order chi connectivity index (χ0) is 19.9. The molecule has 0 unspecified atom stereocenters. The van der Waals surface area contributed by atoms with Gasteiger partial charge in [-0.05, 0) is 29.5 Å². The van der Waals surface area contributed by atoms with Gasteiger partial charge < -0.3 is 4.57 Å². The number of hydrogen-bond donors (Lipinski definition) is 0. The van der Waals surface area contributed by atoms with Gasteiger partial charge in [-0.15, -0.1) is 0 Å². The van der Waals surface area contributed by atoms with Gasteiger partial charge in [0.25, 0.3) is 0 Å².